The molecule has 0 saturated carbocycles. The van der Waals surface area contributed by atoms with E-state index in [0.717, 1.165) is 6.42 Å². The van der Waals surface area contributed by atoms with Gasteiger partial charge in [0, 0.05) is 13.3 Å². The first-order chi connectivity index (χ1) is 6.56. The van der Waals surface area contributed by atoms with Crippen molar-refractivity contribution in [3.05, 3.63) is 0 Å². The minimum atomic E-state index is -0.306. The second kappa shape index (κ2) is 6.57. The lowest BCUT2D eigenvalue weighted by Crippen LogP contribution is -2.30. The third-order valence-electron chi connectivity index (χ3n) is 2.37. The summed E-state index contributed by atoms with van der Waals surface area (Å²) in [5.41, 5.74) is 0. The number of rotatable bonds is 6. The van der Waals surface area contributed by atoms with Crippen LogP contribution in [0.1, 0.15) is 47.0 Å². The van der Waals surface area contributed by atoms with Gasteiger partial charge in [-0.25, -0.2) is 0 Å². The number of esters is 1. The summed E-state index contributed by atoms with van der Waals surface area (Å²) in [7, 11) is 0. The number of carbonyl (C=O) groups is 2. The van der Waals surface area contributed by atoms with E-state index in [0.29, 0.717) is 12.8 Å². The van der Waals surface area contributed by atoms with E-state index < -0.39 is 0 Å². The van der Waals surface area contributed by atoms with Gasteiger partial charge in [-0.05, 0) is 12.8 Å². The topological polar surface area (TPSA) is 43.4 Å². The molecule has 82 valence electrons. The zero-order valence-electron chi connectivity index (χ0n) is 9.50. The van der Waals surface area contributed by atoms with E-state index in [1.807, 2.05) is 20.8 Å². The molecule has 0 aromatic carbocycles. The number of hydrogen-bond donors (Lipinski definition) is 0. The van der Waals surface area contributed by atoms with Gasteiger partial charge in [-0.2, -0.15) is 0 Å². The molecule has 3 heteroatoms. The average molecular weight is 200 g/mol. The van der Waals surface area contributed by atoms with Crippen molar-refractivity contribution in [3.63, 3.8) is 0 Å². The fourth-order valence-electron chi connectivity index (χ4n) is 1.62. The Labute approximate surface area is 85.8 Å². The molecule has 0 aliphatic heterocycles. The molecular weight excluding hydrogens is 180 g/mol. The van der Waals surface area contributed by atoms with E-state index in [4.69, 9.17) is 4.74 Å². The highest BCUT2D eigenvalue weighted by molar-refractivity contribution is 5.81. The Bertz CT molecular complexity index is 199. The molecule has 0 radical (unpaired) electrons. The molecule has 3 nitrogen and oxygen atoms in total. The van der Waals surface area contributed by atoms with E-state index in [1.54, 1.807) is 0 Å². The maximum absolute atomic E-state index is 11.5. The van der Waals surface area contributed by atoms with E-state index in [2.05, 4.69) is 0 Å². The molecule has 1 unspecified atom stereocenters. The lowest BCUT2D eigenvalue weighted by molar-refractivity contribution is -0.151. The highest BCUT2D eigenvalue weighted by Gasteiger charge is 2.26. The molecule has 14 heavy (non-hydrogen) atoms. The predicted octanol–water partition coefficient (Wildman–Crippen LogP) is 2.33. The molecule has 0 N–H and O–H groups in total. The number of Topliss-reactive ketones (excluding diaryl/α,β-unsaturated/α-hetero) is 1. The average Bonchev–Trinajstić information content (AvgIpc) is 2.16. The van der Waals surface area contributed by atoms with Crippen LogP contribution in [-0.2, 0) is 14.3 Å². The van der Waals surface area contributed by atoms with Gasteiger partial charge in [-0.3, -0.25) is 9.59 Å². The zero-order valence-corrected chi connectivity index (χ0v) is 9.50. The minimum Gasteiger partial charge on any atom is -0.462 e. The van der Waals surface area contributed by atoms with Crippen LogP contribution in [0.4, 0.5) is 0 Å². The second-order valence-electron chi connectivity index (χ2n) is 3.39. The molecule has 0 aromatic rings. The van der Waals surface area contributed by atoms with Crippen LogP contribution in [0.2, 0.25) is 0 Å². The standard InChI is InChI=1S/C11H20O3/c1-5-9(10(13)6-2)11(7-3)14-8(4)12/h9,11H,5-7H2,1-4H3/t9?,11-/m1/s1. The highest BCUT2D eigenvalue weighted by atomic mass is 16.5. The van der Waals surface area contributed by atoms with Crippen molar-refractivity contribution in [2.24, 2.45) is 5.92 Å². The molecule has 0 spiro atoms. The van der Waals surface area contributed by atoms with Gasteiger partial charge in [0.15, 0.2) is 0 Å². The van der Waals surface area contributed by atoms with E-state index in [9.17, 15) is 9.59 Å². The molecule has 0 aliphatic carbocycles. The van der Waals surface area contributed by atoms with Crippen LogP contribution in [0.3, 0.4) is 0 Å². The fourth-order valence-corrected chi connectivity index (χ4v) is 1.62. The molecular formula is C11H20O3. The summed E-state index contributed by atoms with van der Waals surface area (Å²) in [5.74, 6) is -0.256. The van der Waals surface area contributed by atoms with E-state index in [-0.39, 0.29) is 23.8 Å². The molecule has 0 bridgehead atoms. The highest BCUT2D eigenvalue weighted by Crippen LogP contribution is 2.18. The Hall–Kier alpha value is -0.860. The van der Waals surface area contributed by atoms with Crippen molar-refractivity contribution in [1.82, 2.24) is 0 Å². The van der Waals surface area contributed by atoms with Crippen molar-refractivity contribution >= 4 is 11.8 Å². The maximum atomic E-state index is 11.5. The first-order valence-corrected chi connectivity index (χ1v) is 5.26. The quantitative estimate of drug-likeness (QED) is 0.618. The number of hydrogen-bond acceptors (Lipinski definition) is 3. The van der Waals surface area contributed by atoms with Crippen molar-refractivity contribution in [1.29, 1.82) is 0 Å². The Morgan fingerprint density at radius 2 is 1.71 bits per heavy atom. The molecule has 0 amide bonds. The zero-order chi connectivity index (χ0) is 11.1. The molecule has 0 fully saturated rings. The Balaban J connectivity index is 4.43. The van der Waals surface area contributed by atoms with Crippen LogP contribution in [0.5, 0.6) is 0 Å². The summed E-state index contributed by atoms with van der Waals surface area (Å²) < 4.78 is 5.12. The van der Waals surface area contributed by atoms with Crippen molar-refractivity contribution in [2.45, 2.75) is 53.1 Å². The fraction of sp³-hybridized carbons (Fsp3) is 0.818. The number of ether oxygens (including phenoxy) is 1. The van der Waals surface area contributed by atoms with Gasteiger partial charge in [-0.15, -0.1) is 0 Å². The van der Waals surface area contributed by atoms with Crippen LogP contribution >= 0.6 is 0 Å². The van der Waals surface area contributed by atoms with E-state index >= 15 is 0 Å². The van der Waals surface area contributed by atoms with E-state index in [1.165, 1.54) is 6.92 Å². The van der Waals surface area contributed by atoms with Crippen molar-refractivity contribution in [3.8, 4) is 0 Å². The van der Waals surface area contributed by atoms with Crippen LogP contribution in [0.15, 0.2) is 0 Å². The number of carbonyl (C=O) groups excluding carboxylic acids is 2. The molecule has 0 aromatic heterocycles. The van der Waals surface area contributed by atoms with Gasteiger partial charge in [0.2, 0.25) is 0 Å². The maximum Gasteiger partial charge on any atom is 0.302 e. The van der Waals surface area contributed by atoms with Crippen LogP contribution in [-0.4, -0.2) is 17.9 Å². The Morgan fingerprint density at radius 1 is 1.14 bits per heavy atom. The Kier molecular flexibility index (Phi) is 6.17. The normalized spacial score (nSPS) is 14.6. The SMILES string of the molecule is CCC(=O)C(CC)[C@@H](CC)OC(C)=O. The van der Waals surface area contributed by atoms with Crippen LogP contribution in [0, 0.1) is 5.92 Å². The van der Waals surface area contributed by atoms with Crippen molar-refractivity contribution in [2.75, 3.05) is 0 Å². The smallest absolute Gasteiger partial charge is 0.302 e. The molecule has 0 aliphatic rings. The molecule has 0 saturated heterocycles. The summed E-state index contributed by atoms with van der Waals surface area (Å²) in [6, 6.07) is 0. The lowest BCUT2D eigenvalue weighted by Gasteiger charge is -2.23. The third kappa shape index (κ3) is 3.90. The molecule has 0 rings (SSSR count). The summed E-state index contributed by atoms with van der Waals surface area (Å²) >= 11 is 0. The first kappa shape index (κ1) is 13.1. The monoisotopic (exact) mass is 200 g/mol. The summed E-state index contributed by atoms with van der Waals surface area (Å²) in [6.45, 7) is 7.10. The predicted molar refractivity (Wildman–Crippen MR) is 54.9 cm³/mol. The lowest BCUT2D eigenvalue weighted by atomic mass is 9.91. The largest absolute Gasteiger partial charge is 0.462 e. The second-order valence-corrected chi connectivity index (χ2v) is 3.39. The summed E-state index contributed by atoms with van der Waals surface area (Å²) in [6.07, 6.45) is 1.70. The van der Waals surface area contributed by atoms with Gasteiger partial charge in [-0.1, -0.05) is 20.8 Å². The van der Waals surface area contributed by atoms with Gasteiger partial charge < -0.3 is 4.74 Å². The first-order valence-electron chi connectivity index (χ1n) is 5.26. The van der Waals surface area contributed by atoms with Gasteiger partial charge in [0.1, 0.15) is 11.9 Å². The molecule has 2 atom stereocenters. The van der Waals surface area contributed by atoms with Crippen molar-refractivity contribution < 1.29 is 14.3 Å². The van der Waals surface area contributed by atoms with Crippen LogP contribution in [0.25, 0.3) is 0 Å². The summed E-state index contributed by atoms with van der Waals surface area (Å²) in [4.78, 5) is 22.3. The minimum absolute atomic E-state index is 0.131. The number of ketones is 1. The van der Waals surface area contributed by atoms with Crippen LogP contribution < -0.4 is 0 Å². The third-order valence-corrected chi connectivity index (χ3v) is 2.37. The summed E-state index contributed by atoms with van der Waals surface area (Å²) in [5, 5.41) is 0. The Morgan fingerprint density at radius 3 is 2.00 bits per heavy atom. The van der Waals surface area contributed by atoms with Gasteiger partial charge in [0.05, 0.1) is 5.92 Å². The van der Waals surface area contributed by atoms with Gasteiger partial charge >= 0.3 is 5.97 Å². The molecule has 0 heterocycles. The van der Waals surface area contributed by atoms with Gasteiger partial charge in [0.25, 0.3) is 0 Å².